The molecule has 7 nitrogen and oxygen atoms in total. The van der Waals surface area contributed by atoms with Gasteiger partial charge in [-0.1, -0.05) is 18.2 Å². The molecule has 3 rings (SSSR count). The molecule has 0 spiro atoms. The third-order valence-corrected chi connectivity index (χ3v) is 6.79. The van der Waals surface area contributed by atoms with Crippen LogP contribution in [-0.2, 0) is 16.1 Å². The standard InChI is InChI=1S/C29H42N2O5/c1-20(2)31(29(32)24-10-11-26(34-6)27(15-24)35-13-7-12-33-5)18-25-16-30-17-28(25)36-19-23-9-8-21(3)22(4)14-23/h8-11,14-15,20,25,28,30H,7,12-13,16-19H2,1-6H3/t25-,28+/m0/s1. The average Bonchev–Trinajstić information content (AvgIpc) is 3.32. The normalized spacial score (nSPS) is 17.4. The zero-order chi connectivity index (χ0) is 26.1. The van der Waals surface area contributed by atoms with E-state index in [0.717, 1.165) is 19.5 Å². The zero-order valence-electron chi connectivity index (χ0n) is 22.6. The highest BCUT2D eigenvalue weighted by Crippen LogP contribution is 2.29. The third kappa shape index (κ3) is 7.45. The summed E-state index contributed by atoms with van der Waals surface area (Å²) in [5, 5.41) is 3.45. The predicted octanol–water partition coefficient (Wildman–Crippen LogP) is 4.38. The molecule has 1 heterocycles. The van der Waals surface area contributed by atoms with E-state index in [2.05, 4.69) is 51.2 Å². The number of carbonyl (C=O) groups is 1. The van der Waals surface area contributed by atoms with Gasteiger partial charge in [-0.15, -0.1) is 0 Å². The van der Waals surface area contributed by atoms with E-state index in [9.17, 15) is 4.79 Å². The van der Waals surface area contributed by atoms with Gasteiger partial charge >= 0.3 is 0 Å². The fourth-order valence-corrected chi connectivity index (χ4v) is 4.44. The van der Waals surface area contributed by atoms with Gasteiger partial charge in [0.1, 0.15) is 0 Å². The fraction of sp³-hybridized carbons (Fsp3) is 0.552. The Kier molecular flexibility index (Phi) is 10.6. The summed E-state index contributed by atoms with van der Waals surface area (Å²) < 4.78 is 22.8. The molecule has 2 atom stereocenters. The Bertz CT molecular complexity index is 994. The first kappa shape index (κ1) is 28.0. The van der Waals surface area contributed by atoms with Crippen molar-refractivity contribution in [2.45, 2.75) is 52.9 Å². The van der Waals surface area contributed by atoms with Gasteiger partial charge in [-0.3, -0.25) is 4.79 Å². The van der Waals surface area contributed by atoms with E-state index >= 15 is 0 Å². The van der Waals surface area contributed by atoms with Crippen LogP contribution in [0, 0.1) is 19.8 Å². The number of rotatable bonds is 13. The van der Waals surface area contributed by atoms with E-state index in [4.69, 9.17) is 18.9 Å². The van der Waals surface area contributed by atoms with Crippen LogP contribution < -0.4 is 14.8 Å². The summed E-state index contributed by atoms with van der Waals surface area (Å²) in [4.78, 5) is 15.5. The number of hydrogen-bond donors (Lipinski definition) is 1. The Morgan fingerprint density at radius 2 is 1.83 bits per heavy atom. The number of nitrogens with zero attached hydrogens (tertiary/aromatic N) is 1. The first-order valence-corrected chi connectivity index (χ1v) is 12.8. The molecular weight excluding hydrogens is 456 g/mol. The average molecular weight is 499 g/mol. The number of amides is 1. The summed E-state index contributed by atoms with van der Waals surface area (Å²) in [5.41, 5.74) is 4.32. The molecule has 0 aliphatic carbocycles. The number of ether oxygens (including phenoxy) is 4. The second kappa shape index (κ2) is 13.6. The van der Waals surface area contributed by atoms with Gasteiger partial charge in [0.2, 0.25) is 0 Å². The molecule has 1 saturated heterocycles. The lowest BCUT2D eigenvalue weighted by molar-refractivity contribution is 0.0129. The van der Waals surface area contributed by atoms with Gasteiger partial charge in [-0.2, -0.15) is 0 Å². The summed E-state index contributed by atoms with van der Waals surface area (Å²) >= 11 is 0. The number of benzene rings is 2. The van der Waals surface area contributed by atoms with Crippen LogP contribution in [0.2, 0.25) is 0 Å². The maximum Gasteiger partial charge on any atom is 0.254 e. The van der Waals surface area contributed by atoms with E-state index in [1.165, 1.54) is 16.7 Å². The number of aryl methyl sites for hydroxylation is 2. The highest BCUT2D eigenvalue weighted by Gasteiger charge is 2.32. The van der Waals surface area contributed by atoms with E-state index in [0.29, 0.717) is 43.4 Å². The second-order valence-electron chi connectivity index (χ2n) is 9.80. The smallest absolute Gasteiger partial charge is 0.254 e. The van der Waals surface area contributed by atoms with Crippen molar-refractivity contribution < 1.29 is 23.7 Å². The Labute approximate surface area is 216 Å². The molecule has 1 aliphatic rings. The summed E-state index contributed by atoms with van der Waals surface area (Å²) in [6, 6.07) is 11.9. The van der Waals surface area contributed by atoms with Crippen molar-refractivity contribution in [1.82, 2.24) is 10.2 Å². The molecule has 0 aromatic heterocycles. The number of methoxy groups -OCH3 is 2. The molecule has 36 heavy (non-hydrogen) atoms. The lowest BCUT2D eigenvalue weighted by atomic mass is 10.0. The zero-order valence-corrected chi connectivity index (χ0v) is 22.6. The number of carbonyl (C=O) groups excluding carboxylic acids is 1. The Morgan fingerprint density at radius 3 is 2.53 bits per heavy atom. The second-order valence-corrected chi connectivity index (χ2v) is 9.80. The first-order chi connectivity index (χ1) is 17.3. The molecule has 1 fully saturated rings. The minimum atomic E-state index is -0.0193. The van der Waals surface area contributed by atoms with Gasteiger partial charge in [-0.05, 0) is 62.6 Å². The first-order valence-electron chi connectivity index (χ1n) is 12.8. The Morgan fingerprint density at radius 1 is 1.03 bits per heavy atom. The van der Waals surface area contributed by atoms with Crippen molar-refractivity contribution in [2.75, 3.05) is 47.1 Å². The van der Waals surface area contributed by atoms with Crippen LogP contribution in [0.15, 0.2) is 36.4 Å². The van der Waals surface area contributed by atoms with Crippen molar-refractivity contribution in [3.8, 4) is 11.5 Å². The lowest BCUT2D eigenvalue weighted by Gasteiger charge is -2.31. The van der Waals surface area contributed by atoms with Gasteiger partial charge in [0, 0.05) is 57.3 Å². The molecule has 1 aliphatic heterocycles. The molecule has 198 valence electrons. The van der Waals surface area contributed by atoms with Gasteiger partial charge < -0.3 is 29.2 Å². The van der Waals surface area contributed by atoms with Crippen molar-refractivity contribution in [3.05, 3.63) is 58.7 Å². The molecular formula is C29H42N2O5. The molecule has 0 saturated carbocycles. The van der Waals surface area contributed by atoms with E-state index < -0.39 is 0 Å². The van der Waals surface area contributed by atoms with Crippen LogP contribution in [0.3, 0.4) is 0 Å². The van der Waals surface area contributed by atoms with Crippen molar-refractivity contribution in [2.24, 2.45) is 5.92 Å². The van der Waals surface area contributed by atoms with Crippen LogP contribution >= 0.6 is 0 Å². The van der Waals surface area contributed by atoms with E-state index in [1.54, 1.807) is 32.4 Å². The van der Waals surface area contributed by atoms with Crippen LogP contribution in [0.25, 0.3) is 0 Å². The quantitative estimate of drug-likeness (QED) is 0.413. The summed E-state index contributed by atoms with van der Waals surface area (Å²) in [6.45, 7) is 12.3. The van der Waals surface area contributed by atoms with Crippen LogP contribution in [0.4, 0.5) is 0 Å². The highest BCUT2D eigenvalue weighted by atomic mass is 16.5. The SMILES string of the molecule is COCCCOc1cc(C(=O)N(C[C@@H]2CNC[C@H]2OCc2ccc(C)c(C)c2)C(C)C)ccc1OC. The van der Waals surface area contributed by atoms with Gasteiger partial charge in [-0.25, -0.2) is 0 Å². The Balaban J connectivity index is 1.67. The lowest BCUT2D eigenvalue weighted by Crippen LogP contribution is -2.43. The highest BCUT2D eigenvalue weighted by molar-refractivity contribution is 5.95. The molecule has 1 N–H and O–H groups in total. The summed E-state index contributed by atoms with van der Waals surface area (Å²) in [7, 11) is 3.27. The Hall–Kier alpha value is -2.61. The molecule has 1 amide bonds. The maximum absolute atomic E-state index is 13.6. The van der Waals surface area contributed by atoms with Gasteiger partial charge in [0.05, 0.1) is 26.4 Å². The molecule has 2 aromatic rings. The number of nitrogens with one attached hydrogen (secondary N) is 1. The summed E-state index contributed by atoms with van der Waals surface area (Å²) in [6.07, 6.45) is 0.810. The van der Waals surface area contributed by atoms with Crippen molar-refractivity contribution in [3.63, 3.8) is 0 Å². The molecule has 0 unspecified atom stereocenters. The van der Waals surface area contributed by atoms with Crippen LogP contribution in [0.5, 0.6) is 11.5 Å². The van der Waals surface area contributed by atoms with Crippen LogP contribution in [0.1, 0.15) is 47.3 Å². The van der Waals surface area contributed by atoms with Gasteiger partial charge in [0.15, 0.2) is 11.5 Å². The minimum absolute atomic E-state index is 0.0193. The van der Waals surface area contributed by atoms with Crippen molar-refractivity contribution >= 4 is 5.91 Å². The largest absolute Gasteiger partial charge is 0.493 e. The fourth-order valence-electron chi connectivity index (χ4n) is 4.44. The van der Waals surface area contributed by atoms with E-state index in [1.807, 2.05) is 4.90 Å². The predicted molar refractivity (Wildman–Crippen MR) is 142 cm³/mol. The topological polar surface area (TPSA) is 69.3 Å². The molecule has 7 heteroatoms. The van der Waals surface area contributed by atoms with Gasteiger partial charge in [0.25, 0.3) is 5.91 Å². The molecule has 0 bridgehead atoms. The van der Waals surface area contributed by atoms with E-state index in [-0.39, 0.29) is 24.0 Å². The number of hydrogen-bond acceptors (Lipinski definition) is 6. The van der Waals surface area contributed by atoms with Crippen molar-refractivity contribution in [1.29, 1.82) is 0 Å². The summed E-state index contributed by atoms with van der Waals surface area (Å²) in [5.74, 6) is 1.38. The molecule has 2 aromatic carbocycles. The minimum Gasteiger partial charge on any atom is -0.493 e. The van der Waals surface area contributed by atoms with Crippen LogP contribution in [-0.4, -0.2) is 70.0 Å². The maximum atomic E-state index is 13.6. The monoisotopic (exact) mass is 498 g/mol. The third-order valence-electron chi connectivity index (χ3n) is 6.79. The molecule has 0 radical (unpaired) electrons.